The molecule has 0 N–H and O–H groups in total. The molecule has 0 unspecified atom stereocenters. The summed E-state index contributed by atoms with van der Waals surface area (Å²) >= 11 is 1.86. The third-order valence-electron chi connectivity index (χ3n) is 10.9. The molecule has 11 aromatic rings. The normalized spacial score (nSPS) is 11.6. The second-order valence-corrected chi connectivity index (χ2v) is 15.1. The number of aromatic nitrogens is 2. The smallest absolute Gasteiger partial charge is 0.160 e. The Morgan fingerprint density at radius 2 is 0.964 bits per heavy atom. The molecule has 0 aliphatic carbocycles. The van der Waals surface area contributed by atoms with Gasteiger partial charge in [-0.2, -0.15) is 0 Å². The van der Waals surface area contributed by atoms with E-state index < -0.39 is 0 Å². The van der Waals surface area contributed by atoms with Crippen LogP contribution in [0.4, 0.5) is 0 Å². The molecule has 9 aromatic carbocycles. The highest BCUT2D eigenvalue weighted by Crippen LogP contribution is 2.44. The van der Waals surface area contributed by atoms with Crippen LogP contribution >= 0.6 is 11.3 Å². The Balaban J connectivity index is 1.13. The lowest BCUT2D eigenvalue weighted by atomic mass is 9.89. The van der Waals surface area contributed by atoms with Crippen LogP contribution < -0.4 is 0 Å². The van der Waals surface area contributed by atoms with E-state index in [0.717, 1.165) is 39.2 Å². The van der Waals surface area contributed by atoms with Crippen LogP contribution in [0.15, 0.2) is 194 Å². The molecular weight excluding hydrogens is 685 g/mol. The Bertz CT molecular complexity index is 3270. The molecule has 0 radical (unpaired) electrons. The van der Waals surface area contributed by atoms with Crippen molar-refractivity contribution in [1.82, 2.24) is 9.97 Å². The minimum atomic E-state index is 0.704. The van der Waals surface area contributed by atoms with Gasteiger partial charge in [-0.1, -0.05) is 170 Å². The van der Waals surface area contributed by atoms with Crippen LogP contribution in [0.1, 0.15) is 0 Å². The first-order valence-corrected chi connectivity index (χ1v) is 19.5. The summed E-state index contributed by atoms with van der Waals surface area (Å²) < 4.78 is 2.58. The summed E-state index contributed by atoms with van der Waals surface area (Å²) in [6.07, 6.45) is 0. The zero-order valence-corrected chi connectivity index (χ0v) is 30.6. The van der Waals surface area contributed by atoms with E-state index in [-0.39, 0.29) is 0 Å². The minimum Gasteiger partial charge on any atom is -0.228 e. The summed E-state index contributed by atoms with van der Waals surface area (Å²) in [6, 6.07) is 69.7. The van der Waals surface area contributed by atoms with E-state index >= 15 is 0 Å². The molecule has 2 heterocycles. The van der Waals surface area contributed by atoms with Gasteiger partial charge in [0.1, 0.15) is 0 Å². The first kappa shape index (κ1) is 31.6. The largest absolute Gasteiger partial charge is 0.228 e. The number of nitrogens with zero attached hydrogens (tertiary/aromatic N) is 2. The Hall–Kier alpha value is -6.94. The highest BCUT2D eigenvalue weighted by Gasteiger charge is 2.18. The maximum Gasteiger partial charge on any atom is 0.160 e. The molecule has 0 saturated carbocycles. The molecule has 0 atom stereocenters. The predicted octanol–water partition coefficient (Wildman–Crippen LogP) is 14.6. The molecule has 55 heavy (non-hydrogen) atoms. The van der Waals surface area contributed by atoms with E-state index in [9.17, 15) is 0 Å². The van der Waals surface area contributed by atoms with Crippen molar-refractivity contribution in [3.63, 3.8) is 0 Å². The number of thiophene rings is 1. The van der Waals surface area contributed by atoms with E-state index in [1.54, 1.807) is 0 Å². The number of rotatable bonds is 5. The Morgan fingerprint density at radius 1 is 0.327 bits per heavy atom. The van der Waals surface area contributed by atoms with Crippen LogP contribution in [-0.4, -0.2) is 9.97 Å². The lowest BCUT2D eigenvalue weighted by molar-refractivity contribution is 1.18. The van der Waals surface area contributed by atoms with Crippen LogP contribution in [-0.2, 0) is 0 Å². The van der Waals surface area contributed by atoms with Crippen molar-refractivity contribution in [3.8, 4) is 56.2 Å². The van der Waals surface area contributed by atoms with Gasteiger partial charge in [0, 0.05) is 42.4 Å². The zero-order chi connectivity index (χ0) is 36.3. The quantitative estimate of drug-likeness (QED) is 0.131. The Morgan fingerprint density at radius 3 is 1.85 bits per heavy atom. The van der Waals surface area contributed by atoms with E-state index in [1.807, 2.05) is 17.4 Å². The van der Waals surface area contributed by atoms with Crippen molar-refractivity contribution in [1.29, 1.82) is 0 Å². The van der Waals surface area contributed by atoms with Gasteiger partial charge in [0.15, 0.2) is 5.82 Å². The van der Waals surface area contributed by atoms with Gasteiger partial charge in [0.05, 0.1) is 11.4 Å². The molecule has 0 aliphatic heterocycles. The van der Waals surface area contributed by atoms with Crippen LogP contribution in [0.25, 0.3) is 109 Å². The minimum absolute atomic E-state index is 0.704. The summed E-state index contributed by atoms with van der Waals surface area (Å²) in [5, 5.41) is 10.1. The molecule has 0 amide bonds. The summed E-state index contributed by atoms with van der Waals surface area (Å²) in [5.74, 6) is 0.704. The van der Waals surface area contributed by atoms with E-state index in [1.165, 1.54) is 63.6 Å². The molecule has 11 rings (SSSR count). The molecule has 0 spiro atoms. The van der Waals surface area contributed by atoms with E-state index in [4.69, 9.17) is 9.97 Å². The van der Waals surface area contributed by atoms with Crippen molar-refractivity contribution in [2.45, 2.75) is 0 Å². The first-order valence-electron chi connectivity index (χ1n) is 18.7. The lowest BCUT2D eigenvalue weighted by Crippen LogP contribution is -1.97. The van der Waals surface area contributed by atoms with Crippen molar-refractivity contribution in [2.24, 2.45) is 0 Å². The summed E-state index contributed by atoms with van der Waals surface area (Å²) in [6.45, 7) is 0. The molecule has 0 fully saturated rings. The summed E-state index contributed by atoms with van der Waals surface area (Å²) in [4.78, 5) is 10.6. The highest BCUT2D eigenvalue weighted by molar-refractivity contribution is 7.26. The molecule has 0 saturated heterocycles. The molecule has 0 bridgehead atoms. The summed E-state index contributed by atoms with van der Waals surface area (Å²) in [5.41, 5.74) is 9.66. The van der Waals surface area contributed by atoms with Gasteiger partial charge >= 0.3 is 0 Å². The van der Waals surface area contributed by atoms with Crippen LogP contribution in [0.5, 0.6) is 0 Å². The number of hydrogen-bond acceptors (Lipinski definition) is 3. The van der Waals surface area contributed by atoms with Crippen LogP contribution in [0.2, 0.25) is 0 Å². The number of hydrogen-bond donors (Lipinski definition) is 0. The van der Waals surface area contributed by atoms with Gasteiger partial charge in [-0.05, 0) is 73.3 Å². The predicted molar refractivity (Wildman–Crippen MR) is 235 cm³/mol. The third kappa shape index (κ3) is 5.32. The zero-order valence-electron chi connectivity index (χ0n) is 29.8. The van der Waals surface area contributed by atoms with Gasteiger partial charge in [0.2, 0.25) is 0 Å². The van der Waals surface area contributed by atoms with Crippen molar-refractivity contribution in [2.75, 3.05) is 0 Å². The van der Waals surface area contributed by atoms with Gasteiger partial charge in [-0.15, -0.1) is 11.3 Å². The average molecular weight is 717 g/mol. The Kier molecular flexibility index (Phi) is 7.39. The molecule has 0 aliphatic rings. The maximum atomic E-state index is 5.29. The summed E-state index contributed by atoms with van der Waals surface area (Å²) in [7, 11) is 0. The number of benzene rings is 9. The lowest BCUT2D eigenvalue weighted by Gasteiger charge is -2.16. The van der Waals surface area contributed by atoms with Gasteiger partial charge < -0.3 is 0 Å². The van der Waals surface area contributed by atoms with Crippen LogP contribution in [0.3, 0.4) is 0 Å². The van der Waals surface area contributed by atoms with Gasteiger partial charge in [-0.25, -0.2) is 9.97 Å². The molecule has 256 valence electrons. The Labute approximate surface area is 322 Å². The fraction of sp³-hybridized carbons (Fsp3) is 0. The topological polar surface area (TPSA) is 25.8 Å². The van der Waals surface area contributed by atoms with Crippen LogP contribution in [0, 0.1) is 0 Å². The van der Waals surface area contributed by atoms with Crippen molar-refractivity contribution >= 4 is 63.8 Å². The maximum absolute atomic E-state index is 5.29. The standard InChI is InChI=1S/C52H32N2S/c1-2-15-34(16-3-1)52-53-47(32-48(54-52)41-23-9-8-22-40(41)44-25-13-26-45-42-24-10-11-27-49(42)55-51(44)45)36-18-12-19-37(30-36)50-39-21-7-5-17-35(39)31-46-38-20-6-4-14-33(38)28-29-43(46)50/h1-32H. The first-order chi connectivity index (χ1) is 27.3. The third-order valence-corrected chi connectivity index (χ3v) is 12.1. The SMILES string of the molecule is c1ccc(-c2nc(-c3cccc(-c4c5ccccc5cc5c4ccc4ccccc45)c3)cc(-c3ccccc3-c3cccc4c3sc3ccccc34)n2)cc1. The van der Waals surface area contributed by atoms with E-state index in [2.05, 4.69) is 188 Å². The van der Waals surface area contributed by atoms with Crippen molar-refractivity contribution in [3.05, 3.63) is 194 Å². The second kappa shape index (κ2) is 12.9. The fourth-order valence-corrected chi connectivity index (χ4v) is 9.55. The molecular formula is C52H32N2S. The average Bonchev–Trinajstić information content (AvgIpc) is 3.65. The fourth-order valence-electron chi connectivity index (χ4n) is 8.32. The second-order valence-electron chi connectivity index (χ2n) is 14.1. The highest BCUT2D eigenvalue weighted by atomic mass is 32.1. The molecule has 2 aromatic heterocycles. The van der Waals surface area contributed by atoms with E-state index in [0.29, 0.717) is 5.82 Å². The monoisotopic (exact) mass is 716 g/mol. The molecule has 2 nitrogen and oxygen atoms in total. The van der Waals surface area contributed by atoms with Gasteiger partial charge in [-0.3, -0.25) is 0 Å². The van der Waals surface area contributed by atoms with Crippen molar-refractivity contribution < 1.29 is 0 Å². The molecule has 3 heteroatoms. The number of fused-ring (bicyclic) bond motifs is 7. The van der Waals surface area contributed by atoms with Gasteiger partial charge in [0.25, 0.3) is 0 Å².